The second-order valence-corrected chi connectivity index (χ2v) is 14.4. The van der Waals surface area contributed by atoms with Crippen molar-refractivity contribution in [2.45, 2.75) is 12.8 Å². The Kier molecular flexibility index (Phi) is 12.2. The highest BCUT2D eigenvalue weighted by molar-refractivity contribution is 9.10. The molecule has 0 saturated heterocycles. The third-order valence-corrected chi connectivity index (χ3v) is 10.1. The highest BCUT2D eigenvalue weighted by Crippen LogP contribution is 2.32. The van der Waals surface area contributed by atoms with Crippen LogP contribution in [0.4, 0.5) is 35.0 Å². The summed E-state index contributed by atoms with van der Waals surface area (Å²) >= 11 is 3.47. The van der Waals surface area contributed by atoms with Crippen molar-refractivity contribution in [3.05, 3.63) is 193 Å². The zero-order valence-corrected chi connectivity index (χ0v) is 33.2. The molecule has 0 unspecified atom stereocenters. The highest BCUT2D eigenvalue weighted by Gasteiger charge is 2.25. The van der Waals surface area contributed by atoms with E-state index in [9.17, 15) is 18.0 Å². The molecule has 0 aliphatic heterocycles. The lowest BCUT2D eigenvalue weighted by atomic mass is 9.99. The normalized spacial score (nSPS) is 10.9. The van der Waals surface area contributed by atoms with Gasteiger partial charge in [-0.3, -0.25) is 15.0 Å². The molecule has 0 radical (unpaired) electrons. The molecule has 0 saturated carbocycles. The van der Waals surface area contributed by atoms with Gasteiger partial charge in [0.05, 0.1) is 5.69 Å². The molecule has 0 fully saturated rings. The first-order valence-corrected chi connectivity index (χ1v) is 19.2. The van der Waals surface area contributed by atoms with Gasteiger partial charge in [-0.15, -0.1) is 0 Å². The van der Waals surface area contributed by atoms with Crippen LogP contribution in [0.1, 0.15) is 12.5 Å². The Labute approximate surface area is 346 Å². The fourth-order valence-corrected chi connectivity index (χ4v) is 6.92. The number of amides is 2. The van der Waals surface area contributed by atoms with E-state index in [4.69, 9.17) is 5.73 Å². The molecule has 59 heavy (non-hydrogen) atoms. The number of urea groups is 1. The number of nitrogen functional groups attached to an aromatic ring is 1. The third-order valence-electron chi connectivity index (χ3n) is 9.39. The summed E-state index contributed by atoms with van der Waals surface area (Å²) in [6, 6.07) is 41.4. The Bertz CT molecular complexity index is 2870. The SMILES string of the molecule is Brc1cccc2cnccc12.CC(F)(F)c1ccc(F)c(NC(=O)Nc2ccc(-c3cccc4cnccc34)cc2)c1.Nc1ccc(-c2cccc3cnccc23)cc1. The van der Waals surface area contributed by atoms with E-state index in [0.717, 1.165) is 55.6 Å². The van der Waals surface area contributed by atoms with Crippen LogP contribution < -0.4 is 16.4 Å². The number of hydrogen-bond acceptors (Lipinski definition) is 5. The standard InChI is InChI=1S/C24H18F3N3O.C15H12N2.C9H6BrN/c1-24(26,27)17-7-10-21(25)22(13-17)30-23(31)29-18-8-5-15(6-9-18)19-4-2-3-16-14-28-12-11-20(16)19;16-13-6-4-11(5-7-13)14-3-1-2-12-10-17-9-8-15(12)14;10-9-3-1-2-7-6-11-5-4-8(7)9/h2-14H,1H3,(H2,29,30,31);1-10H,16H2;1-6H. The van der Waals surface area contributed by atoms with Gasteiger partial charge in [-0.25, -0.2) is 18.0 Å². The lowest BCUT2D eigenvalue weighted by Gasteiger charge is -2.14. The van der Waals surface area contributed by atoms with Crippen LogP contribution in [0.25, 0.3) is 54.6 Å². The smallest absolute Gasteiger partial charge is 0.323 e. The lowest BCUT2D eigenvalue weighted by molar-refractivity contribution is 0.0174. The first-order valence-electron chi connectivity index (χ1n) is 18.4. The molecule has 0 spiro atoms. The van der Waals surface area contributed by atoms with Crippen LogP contribution in [-0.2, 0) is 5.92 Å². The van der Waals surface area contributed by atoms with Crippen LogP contribution in [0.3, 0.4) is 0 Å². The van der Waals surface area contributed by atoms with E-state index in [0.29, 0.717) is 12.6 Å². The van der Waals surface area contributed by atoms with Crippen LogP contribution >= 0.6 is 15.9 Å². The van der Waals surface area contributed by atoms with E-state index >= 15 is 0 Å². The molecule has 0 bridgehead atoms. The average molecular weight is 850 g/mol. The summed E-state index contributed by atoms with van der Waals surface area (Å²) in [5.41, 5.74) is 10.6. The van der Waals surface area contributed by atoms with Gasteiger partial charge in [0, 0.05) is 81.7 Å². The fraction of sp³-hybridized carbons (Fsp3) is 0.0417. The topological polar surface area (TPSA) is 106 Å². The lowest BCUT2D eigenvalue weighted by Crippen LogP contribution is -2.20. The number of halogens is 4. The number of anilines is 3. The maximum atomic E-state index is 13.9. The van der Waals surface area contributed by atoms with E-state index in [1.165, 1.54) is 27.3 Å². The minimum atomic E-state index is -3.14. The van der Waals surface area contributed by atoms with Crippen LogP contribution in [0.5, 0.6) is 0 Å². The van der Waals surface area contributed by atoms with Crippen molar-refractivity contribution in [1.29, 1.82) is 0 Å². The van der Waals surface area contributed by atoms with Crippen molar-refractivity contribution < 1.29 is 18.0 Å². The van der Waals surface area contributed by atoms with E-state index < -0.39 is 17.8 Å². The van der Waals surface area contributed by atoms with Gasteiger partial charge >= 0.3 is 6.03 Å². The Balaban J connectivity index is 0.000000156. The number of nitrogens with zero attached hydrogens (tertiary/aromatic N) is 3. The number of benzene rings is 6. The first-order chi connectivity index (χ1) is 28.5. The van der Waals surface area contributed by atoms with Crippen molar-refractivity contribution in [3.63, 3.8) is 0 Å². The minimum Gasteiger partial charge on any atom is -0.399 e. The Morgan fingerprint density at radius 3 is 1.63 bits per heavy atom. The number of carbonyl (C=O) groups excluding carboxylic acids is 1. The predicted octanol–water partition coefficient (Wildman–Crippen LogP) is 13.3. The van der Waals surface area contributed by atoms with Gasteiger partial charge in [-0.2, -0.15) is 0 Å². The Morgan fingerprint density at radius 1 is 0.610 bits per heavy atom. The molecule has 3 heterocycles. The van der Waals surface area contributed by atoms with Crippen LogP contribution in [-0.4, -0.2) is 21.0 Å². The fourth-order valence-electron chi connectivity index (χ4n) is 6.41. The zero-order valence-electron chi connectivity index (χ0n) is 31.6. The number of nitrogens with one attached hydrogen (secondary N) is 2. The van der Waals surface area contributed by atoms with Gasteiger partial charge in [0.1, 0.15) is 5.82 Å². The third kappa shape index (κ3) is 9.89. The summed E-state index contributed by atoms with van der Waals surface area (Å²) in [6.07, 6.45) is 10.9. The molecule has 9 rings (SSSR count). The number of fused-ring (bicyclic) bond motifs is 3. The van der Waals surface area contributed by atoms with E-state index in [2.05, 4.69) is 59.7 Å². The molecule has 7 nitrogen and oxygen atoms in total. The van der Waals surface area contributed by atoms with Gasteiger partial charge in [0.25, 0.3) is 5.92 Å². The molecule has 0 atom stereocenters. The Morgan fingerprint density at radius 2 is 1.10 bits per heavy atom. The summed E-state index contributed by atoms with van der Waals surface area (Å²) < 4.78 is 42.0. The second-order valence-electron chi connectivity index (χ2n) is 13.5. The van der Waals surface area contributed by atoms with Gasteiger partial charge in [-0.05, 0) is 99.1 Å². The molecule has 2 amide bonds. The molecule has 11 heteroatoms. The summed E-state index contributed by atoms with van der Waals surface area (Å²) in [5.74, 6) is -3.95. The molecule has 4 N–H and O–H groups in total. The monoisotopic (exact) mass is 848 g/mol. The van der Waals surface area contributed by atoms with Crippen LogP contribution in [0, 0.1) is 5.82 Å². The Hall–Kier alpha value is -7.11. The van der Waals surface area contributed by atoms with Gasteiger partial charge in [-0.1, -0.05) is 94.8 Å². The minimum absolute atomic E-state index is 0.322. The maximum Gasteiger partial charge on any atom is 0.323 e. The quantitative estimate of drug-likeness (QED) is 0.150. The number of pyridine rings is 3. The molecule has 0 aliphatic carbocycles. The van der Waals surface area contributed by atoms with E-state index in [1.807, 2.05) is 110 Å². The molecule has 292 valence electrons. The van der Waals surface area contributed by atoms with Crippen LogP contribution in [0.2, 0.25) is 0 Å². The number of nitrogens with two attached hydrogens (primary N) is 1. The molecular formula is C48H36BrF3N6O. The molecular weight excluding hydrogens is 813 g/mol. The predicted molar refractivity (Wildman–Crippen MR) is 237 cm³/mol. The number of rotatable bonds is 5. The van der Waals surface area contributed by atoms with E-state index in [1.54, 1.807) is 30.7 Å². The second kappa shape index (κ2) is 18.0. The molecule has 9 aromatic rings. The number of carbonyl (C=O) groups is 1. The molecule has 6 aromatic carbocycles. The number of hydrogen-bond donors (Lipinski definition) is 3. The highest BCUT2D eigenvalue weighted by atomic mass is 79.9. The van der Waals surface area contributed by atoms with Gasteiger partial charge in [0.15, 0.2) is 0 Å². The van der Waals surface area contributed by atoms with Crippen molar-refractivity contribution in [1.82, 2.24) is 15.0 Å². The van der Waals surface area contributed by atoms with Crippen molar-refractivity contribution in [2.75, 3.05) is 16.4 Å². The number of alkyl halides is 2. The summed E-state index contributed by atoms with van der Waals surface area (Å²) in [5, 5.41) is 11.7. The first kappa shape index (κ1) is 40.1. The van der Waals surface area contributed by atoms with Gasteiger partial charge in [0.2, 0.25) is 0 Å². The maximum absolute atomic E-state index is 13.9. The van der Waals surface area contributed by atoms with E-state index in [-0.39, 0.29) is 11.3 Å². The van der Waals surface area contributed by atoms with Crippen molar-refractivity contribution >= 4 is 71.3 Å². The summed E-state index contributed by atoms with van der Waals surface area (Å²) in [4.78, 5) is 24.5. The van der Waals surface area contributed by atoms with Crippen molar-refractivity contribution in [3.8, 4) is 22.3 Å². The summed E-state index contributed by atoms with van der Waals surface area (Å²) in [7, 11) is 0. The summed E-state index contributed by atoms with van der Waals surface area (Å²) in [6.45, 7) is 0.706. The van der Waals surface area contributed by atoms with Crippen LogP contribution in [0.15, 0.2) is 181 Å². The molecule has 3 aromatic heterocycles. The number of aromatic nitrogens is 3. The zero-order chi connectivity index (χ0) is 41.4. The van der Waals surface area contributed by atoms with Crippen molar-refractivity contribution in [2.24, 2.45) is 0 Å². The molecule has 0 aliphatic rings. The van der Waals surface area contributed by atoms with Gasteiger partial charge < -0.3 is 16.4 Å². The average Bonchev–Trinajstić information content (AvgIpc) is 3.25. The largest absolute Gasteiger partial charge is 0.399 e.